The summed E-state index contributed by atoms with van der Waals surface area (Å²) in [6.07, 6.45) is 9.81. The number of fused-ring (bicyclic) bond motifs is 1. The van der Waals surface area contributed by atoms with Gasteiger partial charge in [0.25, 0.3) is 5.91 Å². The number of aromatic amines is 1. The second kappa shape index (κ2) is 8.82. The van der Waals surface area contributed by atoms with Crippen LogP contribution in [0.1, 0.15) is 60.2 Å². The molecule has 1 saturated carbocycles. The van der Waals surface area contributed by atoms with Gasteiger partial charge in [-0.3, -0.25) is 4.79 Å². The summed E-state index contributed by atoms with van der Waals surface area (Å²) in [7, 11) is -2.97. The van der Waals surface area contributed by atoms with E-state index in [9.17, 15) is 17.6 Å². The van der Waals surface area contributed by atoms with E-state index in [0.717, 1.165) is 53.9 Å². The number of H-pyrrole nitrogens is 1. The Labute approximate surface area is 205 Å². The first-order valence-electron chi connectivity index (χ1n) is 12.0. The number of amides is 1. The number of benzene rings is 1. The molecule has 2 heterocycles. The number of aromatic nitrogens is 1. The maximum absolute atomic E-state index is 13.9. The average molecular weight is 496 g/mol. The van der Waals surface area contributed by atoms with Crippen molar-refractivity contribution in [3.63, 3.8) is 0 Å². The van der Waals surface area contributed by atoms with Gasteiger partial charge in [0.15, 0.2) is 0 Å². The number of hydrogen-bond donors (Lipinski definition) is 3. The zero-order chi connectivity index (χ0) is 24.9. The fraction of sp³-hybridized carbons (Fsp3) is 0.370. The summed E-state index contributed by atoms with van der Waals surface area (Å²) in [5.41, 5.74) is 9.31. The zero-order valence-corrected chi connectivity index (χ0v) is 21.0. The molecule has 2 aliphatic carbocycles. The van der Waals surface area contributed by atoms with Crippen LogP contribution >= 0.6 is 0 Å². The molecule has 0 unspecified atom stereocenters. The van der Waals surface area contributed by atoms with Crippen molar-refractivity contribution in [1.82, 2.24) is 10.3 Å². The number of rotatable bonds is 7. The van der Waals surface area contributed by atoms with Gasteiger partial charge in [-0.2, -0.15) is 0 Å². The predicted octanol–water partition coefficient (Wildman–Crippen LogP) is 4.88. The van der Waals surface area contributed by atoms with E-state index in [2.05, 4.69) is 21.7 Å². The Morgan fingerprint density at radius 2 is 2.00 bits per heavy atom. The maximum atomic E-state index is 13.9. The number of sulfone groups is 1. The lowest BCUT2D eigenvalue weighted by Crippen LogP contribution is -2.24. The molecule has 184 valence electrons. The van der Waals surface area contributed by atoms with Gasteiger partial charge in [0.1, 0.15) is 15.7 Å². The first-order chi connectivity index (χ1) is 16.6. The molecule has 35 heavy (non-hydrogen) atoms. The van der Waals surface area contributed by atoms with Crippen molar-refractivity contribution in [2.24, 2.45) is 0 Å². The molecule has 0 saturated heterocycles. The number of allylic oxidation sites excluding steroid dienone is 2. The Hall–Kier alpha value is -3.13. The zero-order valence-electron chi connectivity index (χ0n) is 20.2. The minimum atomic E-state index is -2.97. The number of aryl methyl sites for hydroxylation is 1. The largest absolute Gasteiger partial charge is 0.378 e. The van der Waals surface area contributed by atoms with Crippen molar-refractivity contribution in [2.45, 2.75) is 52.0 Å². The molecule has 1 aromatic heterocycles. The van der Waals surface area contributed by atoms with E-state index in [-0.39, 0.29) is 23.5 Å². The molecule has 8 heteroatoms. The fourth-order valence-corrected chi connectivity index (χ4v) is 5.65. The summed E-state index contributed by atoms with van der Waals surface area (Å²) in [5, 5.41) is 6.53. The van der Waals surface area contributed by atoms with Crippen molar-refractivity contribution < 1.29 is 17.6 Å². The molecule has 5 rings (SSSR count). The number of hydrogen-bond acceptors (Lipinski definition) is 4. The Morgan fingerprint density at radius 1 is 1.23 bits per heavy atom. The number of nitrogens with one attached hydrogen (secondary N) is 3. The molecule has 1 atom stereocenters. The van der Waals surface area contributed by atoms with Crippen LogP contribution in [0.5, 0.6) is 0 Å². The molecule has 0 spiro atoms. The van der Waals surface area contributed by atoms with Gasteiger partial charge in [0.2, 0.25) is 0 Å². The highest BCUT2D eigenvalue weighted by Gasteiger charge is 2.28. The van der Waals surface area contributed by atoms with Gasteiger partial charge >= 0.3 is 0 Å². The standard InChI is InChI=1S/C27H30FN3O3S/c1-15-24(14-22-21-13-19(28)7-9-23(21)31-27(22)32)29-16(2)25(15)26(18-5-6-18)30-20-8-4-17(12-20)10-11-35(3,33)34/h7,9,12-14,20,29-30H,4-6,8,10-11H2,1-3H3,(H,31,32)/b22-14-/t20-/m0/s1. The van der Waals surface area contributed by atoms with Crippen LogP contribution in [0.15, 0.2) is 35.4 Å². The summed E-state index contributed by atoms with van der Waals surface area (Å²) in [6.45, 7) is 4.07. The lowest BCUT2D eigenvalue weighted by atomic mass is 10.0. The Kier molecular flexibility index (Phi) is 5.95. The maximum Gasteiger partial charge on any atom is 0.256 e. The van der Waals surface area contributed by atoms with Crippen molar-refractivity contribution in [1.29, 1.82) is 0 Å². The van der Waals surface area contributed by atoms with Crippen LogP contribution in [0.3, 0.4) is 0 Å². The van der Waals surface area contributed by atoms with Crippen LogP contribution in [-0.2, 0) is 14.6 Å². The molecule has 1 aromatic carbocycles. The van der Waals surface area contributed by atoms with E-state index < -0.39 is 9.84 Å². The molecule has 0 radical (unpaired) electrons. The number of carbonyl (C=O) groups excluding carboxylic acids is 1. The van der Waals surface area contributed by atoms with Crippen LogP contribution in [0.4, 0.5) is 10.1 Å². The molecule has 2 aromatic rings. The third kappa shape index (κ3) is 4.98. The monoisotopic (exact) mass is 495 g/mol. The normalized spacial score (nSPS) is 20.2. The lowest BCUT2D eigenvalue weighted by molar-refractivity contribution is -0.110. The minimum absolute atomic E-state index is 0.165. The minimum Gasteiger partial charge on any atom is -0.378 e. The van der Waals surface area contributed by atoms with Crippen molar-refractivity contribution in [3.8, 4) is 0 Å². The first kappa shape index (κ1) is 23.6. The molecule has 3 N–H and O–H groups in total. The van der Waals surface area contributed by atoms with Crippen LogP contribution in [0.2, 0.25) is 0 Å². The fourth-order valence-electron chi connectivity index (χ4n) is 5.02. The molecule has 1 amide bonds. The summed E-state index contributed by atoms with van der Waals surface area (Å²) < 4.78 is 36.9. The van der Waals surface area contributed by atoms with Crippen molar-refractivity contribution in [2.75, 3.05) is 17.3 Å². The summed E-state index contributed by atoms with van der Waals surface area (Å²) in [5.74, 6) is -0.430. The smallest absolute Gasteiger partial charge is 0.256 e. The van der Waals surface area contributed by atoms with Gasteiger partial charge in [-0.1, -0.05) is 11.6 Å². The number of carbonyl (C=O) groups is 1. The van der Waals surface area contributed by atoms with Gasteiger partial charge in [-0.05, 0) is 81.4 Å². The van der Waals surface area contributed by atoms with Crippen LogP contribution in [0, 0.1) is 19.7 Å². The third-order valence-corrected chi connectivity index (χ3v) is 7.92. The average Bonchev–Trinajstić information content (AvgIpc) is 3.37. The highest BCUT2D eigenvalue weighted by Crippen LogP contribution is 2.40. The van der Waals surface area contributed by atoms with Crippen LogP contribution in [0.25, 0.3) is 17.3 Å². The second-order valence-corrected chi connectivity index (χ2v) is 12.1. The molecule has 1 aliphatic heterocycles. The van der Waals surface area contributed by atoms with E-state index >= 15 is 0 Å². The van der Waals surface area contributed by atoms with E-state index in [1.807, 2.05) is 13.8 Å². The first-order valence-corrected chi connectivity index (χ1v) is 14.0. The summed E-state index contributed by atoms with van der Waals surface area (Å²) in [6, 6.07) is 4.48. The molecule has 0 bridgehead atoms. The molecule has 1 fully saturated rings. The van der Waals surface area contributed by atoms with E-state index in [1.54, 1.807) is 12.1 Å². The Morgan fingerprint density at radius 3 is 2.71 bits per heavy atom. The van der Waals surface area contributed by atoms with Gasteiger partial charge in [0.05, 0.1) is 11.3 Å². The Balaban J connectivity index is 1.42. The molecule has 6 nitrogen and oxygen atoms in total. The third-order valence-electron chi connectivity index (χ3n) is 6.97. The summed E-state index contributed by atoms with van der Waals surface area (Å²) >= 11 is 0. The van der Waals surface area contributed by atoms with Gasteiger partial charge < -0.3 is 15.6 Å². The molecule has 3 aliphatic rings. The number of anilines is 1. The van der Waals surface area contributed by atoms with Gasteiger partial charge in [0, 0.05) is 46.2 Å². The predicted molar refractivity (Wildman–Crippen MR) is 138 cm³/mol. The van der Waals surface area contributed by atoms with E-state index in [1.165, 1.54) is 29.5 Å². The van der Waals surface area contributed by atoms with Gasteiger partial charge in [-0.15, -0.1) is 0 Å². The highest BCUT2D eigenvalue weighted by molar-refractivity contribution is 7.90. The van der Waals surface area contributed by atoms with Gasteiger partial charge in [-0.25, -0.2) is 12.8 Å². The topological polar surface area (TPSA) is 91.1 Å². The molecular formula is C27H30FN3O3S. The lowest BCUT2D eigenvalue weighted by Gasteiger charge is -2.17. The number of halogens is 1. The van der Waals surface area contributed by atoms with Crippen molar-refractivity contribution in [3.05, 3.63) is 69.3 Å². The summed E-state index contributed by atoms with van der Waals surface area (Å²) in [4.78, 5) is 16.0. The van der Waals surface area contributed by atoms with Crippen LogP contribution < -0.4 is 10.6 Å². The van der Waals surface area contributed by atoms with E-state index in [4.69, 9.17) is 0 Å². The van der Waals surface area contributed by atoms with Crippen LogP contribution in [-0.4, -0.2) is 37.4 Å². The van der Waals surface area contributed by atoms with E-state index in [0.29, 0.717) is 23.2 Å². The molecular weight excluding hydrogens is 465 g/mol. The van der Waals surface area contributed by atoms with Crippen molar-refractivity contribution >= 4 is 38.8 Å². The highest BCUT2D eigenvalue weighted by atomic mass is 32.2. The SMILES string of the molecule is Cc1[nH]c(/C=C2\C(=O)Nc3ccc(F)cc32)c(C)c1C(N[C@@H]1C=C(CCS(C)(=O)=O)CC1)=C1CC1. The second-order valence-electron chi connectivity index (χ2n) is 9.84. The Bertz CT molecular complexity index is 1420. The quantitative estimate of drug-likeness (QED) is 0.377.